The van der Waals surface area contributed by atoms with Gasteiger partial charge in [0.05, 0.1) is 12.4 Å². The molecule has 7 nitrogen and oxygen atoms in total. The second-order valence-corrected chi connectivity index (χ2v) is 10.1. The van der Waals surface area contributed by atoms with Crippen molar-refractivity contribution in [3.05, 3.63) is 0 Å². The third-order valence-electron chi connectivity index (χ3n) is 5.92. The van der Waals surface area contributed by atoms with Gasteiger partial charge < -0.3 is 15.4 Å². The van der Waals surface area contributed by atoms with E-state index in [0.29, 0.717) is 31.0 Å². The lowest BCUT2D eigenvalue weighted by molar-refractivity contribution is 0.0169. The molecule has 1 atom stereocenters. The third kappa shape index (κ3) is 9.69. The maximum Gasteiger partial charge on any atom is 0.211 e. The van der Waals surface area contributed by atoms with Crippen LogP contribution in [0.25, 0.3) is 0 Å². The van der Waals surface area contributed by atoms with Gasteiger partial charge in [-0.1, -0.05) is 12.8 Å². The molecular weight excluding hydrogens is 503 g/mol. The number of sulfonamides is 1. The first-order valence-corrected chi connectivity index (χ1v) is 12.9. The van der Waals surface area contributed by atoms with Crippen molar-refractivity contribution in [1.82, 2.24) is 14.9 Å². The lowest BCUT2D eigenvalue weighted by Gasteiger charge is -2.29. The van der Waals surface area contributed by atoms with Crippen LogP contribution in [0, 0.1) is 11.8 Å². The van der Waals surface area contributed by atoms with E-state index in [-0.39, 0.29) is 24.0 Å². The molecule has 0 bridgehead atoms. The van der Waals surface area contributed by atoms with E-state index in [1.807, 2.05) is 0 Å². The predicted molar refractivity (Wildman–Crippen MR) is 131 cm³/mol. The Morgan fingerprint density at radius 2 is 1.79 bits per heavy atom. The molecule has 29 heavy (non-hydrogen) atoms. The molecule has 0 aromatic carbocycles. The molecule has 0 radical (unpaired) electrons. The van der Waals surface area contributed by atoms with Crippen molar-refractivity contribution in [2.24, 2.45) is 16.8 Å². The summed E-state index contributed by atoms with van der Waals surface area (Å²) in [5.41, 5.74) is 0. The van der Waals surface area contributed by atoms with Gasteiger partial charge >= 0.3 is 0 Å². The zero-order valence-electron chi connectivity index (χ0n) is 18.4. The molecule has 172 valence electrons. The Labute approximate surface area is 194 Å². The average Bonchev–Trinajstić information content (AvgIpc) is 3.19. The van der Waals surface area contributed by atoms with Gasteiger partial charge in [-0.05, 0) is 57.8 Å². The van der Waals surface area contributed by atoms with Gasteiger partial charge in [-0.25, -0.2) is 12.7 Å². The van der Waals surface area contributed by atoms with Crippen LogP contribution in [0.2, 0.25) is 0 Å². The third-order valence-corrected chi connectivity index (χ3v) is 7.23. The highest BCUT2D eigenvalue weighted by Crippen LogP contribution is 2.30. The van der Waals surface area contributed by atoms with Crippen molar-refractivity contribution in [3.8, 4) is 0 Å². The number of halogens is 1. The SMILES string of the molecule is CCNC(=NCC1CCN(S(C)(=O)=O)CC1)NCCC(OCC)C1CCCC1.I. The standard InChI is InChI=1S/C20H40N4O3S.HI/c1-4-21-20(22-13-10-19(27-5-2)18-8-6-7-9-18)23-16-17-11-14-24(15-12-17)28(3,25)26;/h17-19H,4-16H2,1-3H3,(H2,21,22,23);1H. The van der Waals surface area contributed by atoms with Gasteiger partial charge in [0.25, 0.3) is 0 Å². The van der Waals surface area contributed by atoms with Gasteiger partial charge in [-0.15, -0.1) is 24.0 Å². The molecule has 0 aromatic rings. The quantitative estimate of drug-likeness (QED) is 0.251. The number of aliphatic imine (C=N–C) groups is 1. The fourth-order valence-corrected chi connectivity index (χ4v) is 5.19. The Morgan fingerprint density at radius 3 is 2.34 bits per heavy atom. The van der Waals surface area contributed by atoms with Crippen molar-refractivity contribution in [2.75, 3.05) is 45.6 Å². The van der Waals surface area contributed by atoms with E-state index in [1.165, 1.54) is 31.9 Å². The first-order chi connectivity index (χ1) is 13.4. The van der Waals surface area contributed by atoms with Crippen LogP contribution in [0.3, 0.4) is 0 Å². The largest absolute Gasteiger partial charge is 0.378 e. The zero-order valence-corrected chi connectivity index (χ0v) is 21.5. The van der Waals surface area contributed by atoms with Gasteiger partial charge in [-0.2, -0.15) is 0 Å². The van der Waals surface area contributed by atoms with Crippen LogP contribution < -0.4 is 10.6 Å². The van der Waals surface area contributed by atoms with Gasteiger partial charge in [0, 0.05) is 39.3 Å². The van der Waals surface area contributed by atoms with Crippen LogP contribution in [0.1, 0.15) is 58.8 Å². The summed E-state index contributed by atoms with van der Waals surface area (Å²) in [5.74, 6) is 2.01. The summed E-state index contributed by atoms with van der Waals surface area (Å²) in [6.45, 7) is 8.58. The summed E-state index contributed by atoms with van der Waals surface area (Å²) >= 11 is 0. The molecule has 2 aliphatic rings. The van der Waals surface area contributed by atoms with E-state index >= 15 is 0 Å². The minimum atomic E-state index is -3.06. The van der Waals surface area contributed by atoms with Crippen LogP contribution in [-0.2, 0) is 14.8 Å². The second-order valence-electron chi connectivity index (χ2n) is 8.08. The minimum Gasteiger partial charge on any atom is -0.378 e. The molecule has 1 saturated carbocycles. The van der Waals surface area contributed by atoms with Gasteiger partial charge in [0.2, 0.25) is 10.0 Å². The lowest BCUT2D eigenvalue weighted by atomic mass is 9.98. The second kappa shape index (κ2) is 14.0. The number of hydrogen-bond donors (Lipinski definition) is 2. The molecule has 1 heterocycles. The fourth-order valence-electron chi connectivity index (χ4n) is 4.32. The van der Waals surface area contributed by atoms with E-state index in [0.717, 1.165) is 51.5 Å². The first kappa shape index (κ1) is 26.9. The molecule has 2 rings (SSSR count). The van der Waals surface area contributed by atoms with E-state index < -0.39 is 10.0 Å². The summed E-state index contributed by atoms with van der Waals surface area (Å²) < 4.78 is 30.8. The normalized spacial score (nSPS) is 21.0. The molecule has 9 heteroatoms. The van der Waals surface area contributed by atoms with Gasteiger partial charge in [-0.3, -0.25) is 4.99 Å². The zero-order chi connectivity index (χ0) is 20.4. The van der Waals surface area contributed by atoms with Crippen LogP contribution in [-0.4, -0.2) is 70.4 Å². The summed E-state index contributed by atoms with van der Waals surface area (Å²) in [5, 5.41) is 6.78. The molecular formula is C20H41IN4O3S. The highest BCUT2D eigenvalue weighted by atomic mass is 127. The summed E-state index contributed by atoms with van der Waals surface area (Å²) in [4.78, 5) is 4.75. The molecule has 0 amide bonds. The van der Waals surface area contributed by atoms with E-state index in [4.69, 9.17) is 9.73 Å². The van der Waals surface area contributed by atoms with Crippen molar-refractivity contribution < 1.29 is 13.2 Å². The van der Waals surface area contributed by atoms with Crippen LogP contribution >= 0.6 is 24.0 Å². The summed E-state index contributed by atoms with van der Waals surface area (Å²) in [7, 11) is -3.06. The number of ether oxygens (including phenoxy) is 1. The van der Waals surface area contributed by atoms with Crippen LogP contribution in [0.4, 0.5) is 0 Å². The predicted octanol–water partition coefficient (Wildman–Crippen LogP) is 2.82. The van der Waals surface area contributed by atoms with Crippen molar-refractivity contribution in [2.45, 2.75) is 64.9 Å². The Kier molecular flexibility index (Phi) is 13.0. The van der Waals surface area contributed by atoms with Crippen molar-refractivity contribution in [3.63, 3.8) is 0 Å². The fraction of sp³-hybridized carbons (Fsp3) is 0.950. The summed E-state index contributed by atoms with van der Waals surface area (Å²) in [6.07, 6.45) is 9.68. The Morgan fingerprint density at radius 1 is 1.14 bits per heavy atom. The van der Waals surface area contributed by atoms with Gasteiger partial charge in [0.1, 0.15) is 0 Å². The smallest absolute Gasteiger partial charge is 0.211 e. The number of nitrogens with zero attached hydrogens (tertiary/aromatic N) is 2. The van der Waals surface area contributed by atoms with Gasteiger partial charge in [0.15, 0.2) is 5.96 Å². The molecule has 1 aliphatic heterocycles. The van der Waals surface area contributed by atoms with E-state index in [2.05, 4.69) is 24.5 Å². The molecule has 0 spiro atoms. The summed E-state index contributed by atoms with van der Waals surface area (Å²) in [6, 6.07) is 0. The highest BCUT2D eigenvalue weighted by molar-refractivity contribution is 14.0. The molecule has 1 saturated heterocycles. The first-order valence-electron chi connectivity index (χ1n) is 11.0. The molecule has 2 N–H and O–H groups in total. The average molecular weight is 545 g/mol. The van der Waals surface area contributed by atoms with E-state index in [9.17, 15) is 8.42 Å². The topological polar surface area (TPSA) is 83.0 Å². The Balaban J connectivity index is 0.00000420. The molecule has 2 fully saturated rings. The molecule has 1 aliphatic carbocycles. The maximum absolute atomic E-state index is 11.6. The monoisotopic (exact) mass is 544 g/mol. The molecule has 1 unspecified atom stereocenters. The number of rotatable bonds is 10. The highest BCUT2D eigenvalue weighted by Gasteiger charge is 2.26. The van der Waals surface area contributed by atoms with E-state index in [1.54, 1.807) is 4.31 Å². The van der Waals surface area contributed by atoms with Crippen molar-refractivity contribution >= 4 is 40.0 Å². The Hall–Kier alpha value is -0.130. The number of hydrogen-bond acceptors (Lipinski definition) is 4. The number of guanidine groups is 1. The van der Waals surface area contributed by atoms with Crippen LogP contribution in [0.5, 0.6) is 0 Å². The maximum atomic E-state index is 11.6. The Bertz CT molecular complexity index is 574. The minimum absolute atomic E-state index is 0. The number of nitrogens with one attached hydrogen (secondary N) is 2. The van der Waals surface area contributed by atoms with Crippen molar-refractivity contribution in [1.29, 1.82) is 0 Å². The molecule has 0 aromatic heterocycles. The lowest BCUT2D eigenvalue weighted by Crippen LogP contribution is -2.41. The number of piperidine rings is 1. The van der Waals surface area contributed by atoms with Crippen LogP contribution in [0.15, 0.2) is 4.99 Å².